The van der Waals surface area contributed by atoms with Gasteiger partial charge in [-0.2, -0.15) is 13.2 Å². The largest absolute Gasteiger partial charge is 0.490 e. The minimum Gasteiger partial charge on any atom is -0.475 e. The fraction of sp³-hybridized carbons (Fsp3) is 0.500. The van der Waals surface area contributed by atoms with E-state index in [-0.39, 0.29) is 0 Å². The molecule has 116 valence electrons. The Morgan fingerprint density at radius 1 is 1.33 bits per heavy atom. The summed E-state index contributed by atoms with van der Waals surface area (Å²) in [6.07, 6.45) is 3.18. The molecule has 1 aliphatic heterocycles. The summed E-state index contributed by atoms with van der Waals surface area (Å²) in [5.41, 5.74) is 6.20. The number of rotatable bonds is 0. The molecule has 7 heteroatoms. The lowest BCUT2D eigenvalue weighted by Gasteiger charge is -2.15. The van der Waals surface area contributed by atoms with E-state index in [4.69, 9.17) is 9.90 Å². The summed E-state index contributed by atoms with van der Waals surface area (Å²) in [4.78, 5) is 8.90. The lowest BCUT2D eigenvalue weighted by Crippen LogP contribution is -2.24. The van der Waals surface area contributed by atoms with Crippen molar-refractivity contribution in [1.82, 2.24) is 9.88 Å². The number of hydrogen-bond acceptors (Lipinski definition) is 2. The highest BCUT2D eigenvalue weighted by molar-refractivity contribution is 5.73. The number of halogens is 3. The molecule has 1 aromatic heterocycles. The van der Waals surface area contributed by atoms with Crippen LogP contribution in [0.15, 0.2) is 6.08 Å². The second-order valence-electron chi connectivity index (χ2n) is 5.02. The van der Waals surface area contributed by atoms with Crippen LogP contribution < -0.4 is 5.32 Å². The molecule has 0 aromatic carbocycles. The fourth-order valence-corrected chi connectivity index (χ4v) is 2.73. The third kappa shape index (κ3) is 3.29. The monoisotopic (exact) mass is 302 g/mol. The van der Waals surface area contributed by atoms with Gasteiger partial charge in [0.25, 0.3) is 0 Å². The molecule has 0 saturated heterocycles. The van der Waals surface area contributed by atoms with Crippen LogP contribution in [0, 0.1) is 0 Å². The van der Waals surface area contributed by atoms with E-state index >= 15 is 0 Å². The number of aromatic nitrogens is 1. The van der Waals surface area contributed by atoms with Gasteiger partial charge in [0.05, 0.1) is 0 Å². The van der Waals surface area contributed by atoms with E-state index in [9.17, 15) is 13.2 Å². The summed E-state index contributed by atoms with van der Waals surface area (Å²) in [5, 5.41) is 10.6. The standard InChI is InChI=1S/C12H16N2.C2HF3O2/c1-14-11-5-3-2-4-9(11)10-6-7-13-8-12(10)14;3-2(4,5)1(6)7/h3,5,13H,2,4,6-8H2,1H3;(H,6,7). The van der Waals surface area contributed by atoms with Crippen LogP contribution in [0.1, 0.15) is 28.9 Å². The minimum atomic E-state index is -5.08. The second-order valence-corrected chi connectivity index (χ2v) is 5.02. The van der Waals surface area contributed by atoms with Crippen LogP contribution in [0.5, 0.6) is 0 Å². The SMILES string of the molecule is Cn1c2c(c3c1CNCC3)CCC=C2.O=C(O)C(F)(F)F. The summed E-state index contributed by atoms with van der Waals surface area (Å²) in [6.45, 7) is 2.19. The van der Waals surface area contributed by atoms with Gasteiger partial charge in [0.15, 0.2) is 0 Å². The van der Waals surface area contributed by atoms with Crippen molar-refractivity contribution in [3.05, 3.63) is 28.6 Å². The Morgan fingerprint density at radius 3 is 2.62 bits per heavy atom. The highest BCUT2D eigenvalue weighted by Crippen LogP contribution is 2.29. The van der Waals surface area contributed by atoms with Crippen molar-refractivity contribution in [1.29, 1.82) is 0 Å². The molecule has 2 heterocycles. The number of carbonyl (C=O) groups is 1. The Hall–Kier alpha value is -1.76. The molecule has 21 heavy (non-hydrogen) atoms. The molecule has 0 amide bonds. The molecular weight excluding hydrogens is 285 g/mol. The van der Waals surface area contributed by atoms with Crippen LogP contribution in [-0.4, -0.2) is 28.4 Å². The fourth-order valence-electron chi connectivity index (χ4n) is 2.73. The molecule has 0 saturated carbocycles. The number of nitrogens with zero attached hydrogens (tertiary/aromatic N) is 1. The number of aliphatic carboxylic acids is 1. The average molecular weight is 302 g/mol. The van der Waals surface area contributed by atoms with Crippen molar-refractivity contribution in [2.75, 3.05) is 6.54 Å². The van der Waals surface area contributed by atoms with Gasteiger partial charge >= 0.3 is 12.1 Å². The molecule has 4 nitrogen and oxygen atoms in total. The number of carboxylic acids is 1. The number of alkyl halides is 3. The Morgan fingerprint density at radius 2 is 2.00 bits per heavy atom. The van der Waals surface area contributed by atoms with Crippen molar-refractivity contribution in [2.24, 2.45) is 7.05 Å². The zero-order valence-electron chi connectivity index (χ0n) is 11.6. The molecule has 0 unspecified atom stereocenters. The molecule has 1 aliphatic carbocycles. The lowest BCUT2D eigenvalue weighted by molar-refractivity contribution is -0.192. The smallest absolute Gasteiger partial charge is 0.475 e. The van der Waals surface area contributed by atoms with Gasteiger partial charge in [-0.25, -0.2) is 4.79 Å². The number of fused-ring (bicyclic) bond motifs is 3. The third-order valence-electron chi connectivity index (χ3n) is 3.71. The molecule has 3 rings (SSSR count). The van der Waals surface area contributed by atoms with Crippen molar-refractivity contribution < 1.29 is 23.1 Å². The van der Waals surface area contributed by atoms with E-state index in [0.29, 0.717) is 0 Å². The maximum absolute atomic E-state index is 10.6. The summed E-state index contributed by atoms with van der Waals surface area (Å²) >= 11 is 0. The van der Waals surface area contributed by atoms with Crippen LogP contribution in [0.3, 0.4) is 0 Å². The van der Waals surface area contributed by atoms with Gasteiger partial charge in [-0.05, 0) is 43.0 Å². The van der Waals surface area contributed by atoms with Crippen molar-refractivity contribution >= 4 is 12.0 Å². The molecule has 1 aromatic rings. The maximum Gasteiger partial charge on any atom is 0.490 e. The Bertz CT molecular complexity index is 574. The topological polar surface area (TPSA) is 54.3 Å². The molecule has 0 bridgehead atoms. The molecule has 2 aliphatic rings. The van der Waals surface area contributed by atoms with Crippen LogP contribution in [-0.2, 0) is 31.2 Å². The highest BCUT2D eigenvalue weighted by Gasteiger charge is 2.38. The van der Waals surface area contributed by atoms with Gasteiger partial charge < -0.3 is 15.0 Å². The summed E-state index contributed by atoms with van der Waals surface area (Å²) in [6, 6.07) is 0. The van der Waals surface area contributed by atoms with Crippen molar-refractivity contribution in [3.8, 4) is 0 Å². The minimum absolute atomic E-state index is 1.05. The molecule has 0 spiro atoms. The van der Waals surface area contributed by atoms with Crippen LogP contribution in [0.25, 0.3) is 6.08 Å². The number of nitrogens with one attached hydrogen (secondary N) is 1. The molecular formula is C14H17F3N2O2. The maximum atomic E-state index is 10.6. The first kappa shape index (κ1) is 15.6. The first-order chi connectivity index (χ1) is 9.82. The normalized spacial score (nSPS) is 16.6. The van der Waals surface area contributed by atoms with E-state index < -0.39 is 12.1 Å². The van der Waals surface area contributed by atoms with Crippen LogP contribution >= 0.6 is 0 Å². The molecule has 0 fully saturated rings. The highest BCUT2D eigenvalue weighted by atomic mass is 19.4. The predicted octanol–water partition coefficient (Wildman–Crippen LogP) is 2.26. The number of allylic oxidation sites excluding steroid dienone is 1. The summed E-state index contributed by atoms with van der Waals surface area (Å²) < 4.78 is 34.1. The van der Waals surface area contributed by atoms with Crippen LogP contribution in [0.2, 0.25) is 0 Å². The molecule has 0 atom stereocenters. The van der Waals surface area contributed by atoms with Crippen molar-refractivity contribution in [3.63, 3.8) is 0 Å². The average Bonchev–Trinajstić information content (AvgIpc) is 2.73. The number of hydrogen-bond donors (Lipinski definition) is 2. The second kappa shape index (κ2) is 5.93. The molecule has 0 radical (unpaired) electrons. The lowest BCUT2D eigenvalue weighted by atomic mass is 9.96. The number of carboxylic acid groups (broad SMARTS) is 1. The van der Waals surface area contributed by atoms with Gasteiger partial charge in [0.2, 0.25) is 0 Å². The van der Waals surface area contributed by atoms with Gasteiger partial charge in [-0.3, -0.25) is 0 Å². The van der Waals surface area contributed by atoms with Gasteiger partial charge in [0, 0.05) is 25.0 Å². The van der Waals surface area contributed by atoms with E-state index in [0.717, 1.165) is 13.1 Å². The van der Waals surface area contributed by atoms with Crippen LogP contribution in [0.4, 0.5) is 13.2 Å². The van der Waals surface area contributed by atoms with E-state index in [2.05, 4.69) is 29.1 Å². The molecule has 2 N–H and O–H groups in total. The van der Waals surface area contributed by atoms with E-state index in [1.165, 1.54) is 30.7 Å². The quantitative estimate of drug-likeness (QED) is 0.773. The Balaban J connectivity index is 0.000000199. The van der Waals surface area contributed by atoms with E-state index in [1.54, 1.807) is 11.1 Å². The zero-order valence-corrected chi connectivity index (χ0v) is 11.6. The Labute approximate surface area is 120 Å². The van der Waals surface area contributed by atoms with Gasteiger partial charge in [-0.15, -0.1) is 0 Å². The summed E-state index contributed by atoms with van der Waals surface area (Å²) in [5.74, 6) is -2.76. The van der Waals surface area contributed by atoms with Crippen molar-refractivity contribution in [2.45, 2.75) is 32.0 Å². The third-order valence-corrected chi connectivity index (χ3v) is 3.71. The first-order valence-corrected chi connectivity index (χ1v) is 6.69. The van der Waals surface area contributed by atoms with Gasteiger partial charge in [0.1, 0.15) is 0 Å². The Kier molecular flexibility index (Phi) is 4.41. The van der Waals surface area contributed by atoms with Gasteiger partial charge in [-0.1, -0.05) is 6.08 Å². The zero-order chi connectivity index (χ0) is 15.6. The predicted molar refractivity (Wildman–Crippen MR) is 71.9 cm³/mol. The van der Waals surface area contributed by atoms with E-state index in [1.807, 2.05) is 0 Å². The first-order valence-electron chi connectivity index (χ1n) is 6.69. The summed E-state index contributed by atoms with van der Waals surface area (Å²) in [7, 11) is 2.19.